The zero-order valence-electron chi connectivity index (χ0n) is 16.0. The van der Waals surface area contributed by atoms with E-state index in [9.17, 15) is 9.59 Å². The van der Waals surface area contributed by atoms with E-state index in [1.807, 2.05) is 54.6 Å². The number of nitrogens with one attached hydrogen (secondary N) is 1. The second-order valence-corrected chi connectivity index (χ2v) is 7.22. The first kappa shape index (κ1) is 20.0. The predicted octanol–water partition coefficient (Wildman–Crippen LogP) is 1.32. The molecule has 1 aliphatic rings. The zero-order chi connectivity index (χ0) is 19.9. The van der Waals surface area contributed by atoms with Crippen molar-refractivity contribution in [2.24, 2.45) is 11.5 Å². The Morgan fingerprint density at radius 3 is 2.39 bits per heavy atom. The van der Waals surface area contributed by atoms with Gasteiger partial charge in [-0.3, -0.25) is 9.59 Å². The quantitative estimate of drug-likeness (QED) is 0.674. The molecular formula is C22H28N4O2. The van der Waals surface area contributed by atoms with Crippen LogP contribution in [-0.2, 0) is 29.1 Å². The van der Waals surface area contributed by atoms with Crippen LogP contribution in [0.25, 0.3) is 0 Å². The third-order valence-electron chi connectivity index (χ3n) is 5.18. The Balaban J connectivity index is 1.56. The highest BCUT2D eigenvalue weighted by Crippen LogP contribution is 2.19. The van der Waals surface area contributed by atoms with Gasteiger partial charge in [0, 0.05) is 19.6 Å². The van der Waals surface area contributed by atoms with Crippen molar-refractivity contribution in [3.63, 3.8) is 0 Å². The molecule has 2 atom stereocenters. The van der Waals surface area contributed by atoms with Crippen LogP contribution in [0.15, 0.2) is 54.6 Å². The highest BCUT2D eigenvalue weighted by atomic mass is 16.2. The van der Waals surface area contributed by atoms with Crippen LogP contribution < -0.4 is 16.8 Å². The van der Waals surface area contributed by atoms with E-state index in [1.54, 1.807) is 4.90 Å². The van der Waals surface area contributed by atoms with E-state index in [4.69, 9.17) is 11.5 Å². The van der Waals surface area contributed by atoms with Crippen molar-refractivity contribution in [2.75, 3.05) is 6.54 Å². The van der Waals surface area contributed by atoms with E-state index in [-0.39, 0.29) is 11.8 Å². The van der Waals surface area contributed by atoms with Gasteiger partial charge in [-0.25, -0.2) is 0 Å². The van der Waals surface area contributed by atoms with Gasteiger partial charge in [-0.05, 0) is 36.0 Å². The van der Waals surface area contributed by atoms with Crippen LogP contribution in [0.5, 0.6) is 0 Å². The SMILES string of the molecule is NCc1ccc(CNC(=O)[C@@H]2CCCN2C(=O)[C@H](N)Cc2ccccc2)cc1. The van der Waals surface area contributed by atoms with Crippen molar-refractivity contribution in [1.29, 1.82) is 0 Å². The molecule has 1 fully saturated rings. The molecule has 0 spiro atoms. The molecule has 0 unspecified atom stereocenters. The van der Waals surface area contributed by atoms with E-state index < -0.39 is 12.1 Å². The van der Waals surface area contributed by atoms with Crippen molar-refractivity contribution < 1.29 is 9.59 Å². The molecule has 1 heterocycles. The van der Waals surface area contributed by atoms with Gasteiger partial charge in [0.15, 0.2) is 0 Å². The number of carbonyl (C=O) groups excluding carboxylic acids is 2. The van der Waals surface area contributed by atoms with Crippen molar-refractivity contribution in [2.45, 2.75) is 44.4 Å². The molecule has 0 aliphatic carbocycles. The first-order chi connectivity index (χ1) is 13.6. The van der Waals surface area contributed by atoms with E-state index in [2.05, 4.69) is 5.32 Å². The fourth-order valence-electron chi connectivity index (χ4n) is 3.57. The molecule has 2 amide bonds. The molecule has 0 saturated carbocycles. The van der Waals surface area contributed by atoms with Crippen LogP contribution in [0.1, 0.15) is 29.5 Å². The topological polar surface area (TPSA) is 101 Å². The molecule has 0 aromatic heterocycles. The number of nitrogens with two attached hydrogens (primary N) is 2. The Hall–Kier alpha value is -2.70. The van der Waals surface area contributed by atoms with E-state index in [1.165, 1.54) is 0 Å². The molecule has 6 nitrogen and oxygen atoms in total. The van der Waals surface area contributed by atoms with Gasteiger partial charge in [0.05, 0.1) is 6.04 Å². The largest absolute Gasteiger partial charge is 0.350 e. The minimum absolute atomic E-state index is 0.124. The maximum atomic E-state index is 12.8. The van der Waals surface area contributed by atoms with E-state index >= 15 is 0 Å². The van der Waals surface area contributed by atoms with Gasteiger partial charge >= 0.3 is 0 Å². The Labute approximate surface area is 165 Å². The van der Waals surface area contributed by atoms with Crippen LogP contribution in [0, 0.1) is 0 Å². The molecule has 5 N–H and O–H groups in total. The lowest BCUT2D eigenvalue weighted by molar-refractivity contribution is -0.139. The highest BCUT2D eigenvalue weighted by molar-refractivity contribution is 5.90. The van der Waals surface area contributed by atoms with Gasteiger partial charge in [0.2, 0.25) is 11.8 Å². The van der Waals surface area contributed by atoms with Gasteiger partial charge in [-0.2, -0.15) is 0 Å². The Morgan fingerprint density at radius 1 is 1.04 bits per heavy atom. The molecular weight excluding hydrogens is 352 g/mol. The zero-order valence-corrected chi connectivity index (χ0v) is 16.0. The summed E-state index contributed by atoms with van der Waals surface area (Å²) in [5.74, 6) is -0.283. The van der Waals surface area contributed by atoms with Gasteiger partial charge in [-0.1, -0.05) is 54.6 Å². The van der Waals surface area contributed by atoms with E-state index in [0.717, 1.165) is 23.1 Å². The molecule has 0 radical (unpaired) electrons. The Bertz CT molecular complexity index is 792. The second kappa shape index (κ2) is 9.48. The summed E-state index contributed by atoms with van der Waals surface area (Å²) in [6, 6.07) is 16.4. The standard InChI is InChI=1S/C22H28N4O2/c23-14-17-8-10-18(11-9-17)15-25-21(27)20-7-4-12-26(20)22(28)19(24)13-16-5-2-1-3-6-16/h1-3,5-6,8-11,19-20H,4,7,12-15,23-24H2,(H,25,27)/t19-,20+/m1/s1. The summed E-state index contributed by atoms with van der Waals surface area (Å²) in [7, 11) is 0. The number of hydrogen-bond donors (Lipinski definition) is 3. The lowest BCUT2D eigenvalue weighted by Crippen LogP contribution is -2.51. The summed E-state index contributed by atoms with van der Waals surface area (Å²) < 4.78 is 0. The monoisotopic (exact) mass is 380 g/mol. The number of hydrogen-bond acceptors (Lipinski definition) is 4. The predicted molar refractivity (Wildman–Crippen MR) is 109 cm³/mol. The molecule has 6 heteroatoms. The summed E-state index contributed by atoms with van der Waals surface area (Å²) in [5.41, 5.74) is 14.8. The summed E-state index contributed by atoms with van der Waals surface area (Å²) in [6.07, 6.45) is 1.95. The van der Waals surface area contributed by atoms with Crippen LogP contribution >= 0.6 is 0 Å². The normalized spacial score (nSPS) is 17.4. The number of likely N-dealkylation sites (tertiary alicyclic amines) is 1. The Morgan fingerprint density at radius 2 is 1.71 bits per heavy atom. The van der Waals surface area contributed by atoms with E-state index in [0.29, 0.717) is 32.5 Å². The lowest BCUT2D eigenvalue weighted by atomic mass is 10.1. The molecule has 148 valence electrons. The highest BCUT2D eigenvalue weighted by Gasteiger charge is 2.35. The molecule has 28 heavy (non-hydrogen) atoms. The summed E-state index contributed by atoms with van der Waals surface area (Å²) >= 11 is 0. The van der Waals surface area contributed by atoms with Crippen LogP contribution in [0.3, 0.4) is 0 Å². The number of benzene rings is 2. The van der Waals surface area contributed by atoms with Crippen molar-refractivity contribution in [3.05, 3.63) is 71.3 Å². The third kappa shape index (κ3) is 4.97. The van der Waals surface area contributed by atoms with Crippen molar-refractivity contribution in [3.8, 4) is 0 Å². The van der Waals surface area contributed by atoms with Gasteiger partial charge < -0.3 is 21.7 Å². The number of carbonyl (C=O) groups is 2. The number of rotatable bonds is 7. The van der Waals surface area contributed by atoms with Gasteiger partial charge in [-0.15, -0.1) is 0 Å². The van der Waals surface area contributed by atoms with Crippen molar-refractivity contribution >= 4 is 11.8 Å². The Kier molecular flexibility index (Phi) is 6.79. The molecule has 1 aliphatic heterocycles. The maximum Gasteiger partial charge on any atom is 0.243 e. The average molecular weight is 380 g/mol. The minimum Gasteiger partial charge on any atom is -0.350 e. The number of nitrogens with zero attached hydrogens (tertiary/aromatic N) is 1. The third-order valence-corrected chi connectivity index (χ3v) is 5.18. The van der Waals surface area contributed by atoms with Gasteiger partial charge in [0.1, 0.15) is 6.04 Å². The van der Waals surface area contributed by atoms with Gasteiger partial charge in [0.25, 0.3) is 0 Å². The lowest BCUT2D eigenvalue weighted by Gasteiger charge is -2.26. The fraction of sp³-hybridized carbons (Fsp3) is 0.364. The molecule has 0 bridgehead atoms. The first-order valence-electron chi connectivity index (χ1n) is 9.74. The maximum absolute atomic E-state index is 12.8. The second-order valence-electron chi connectivity index (χ2n) is 7.22. The molecule has 2 aromatic carbocycles. The summed E-state index contributed by atoms with van der Waals surface area (Å²) in [5, 5.41) is 2.95. The minimum atomic E-state index is -0.639. The molecule has 1 saturated heterocycles. The van der Waals surface area contributed by atoms with Crippen LogP contribution in [-0.4, -0.2) is 35.3 Å². The molecule has 3 rings (SSSR count). The van der Waals surface area contributed by atoms with Crippen LogP contribution in [0.4, 0.5) is 0 Å². The number of amides is 2. The van der Waals surface area contributed by atoms with Crippen LogP contribution in [0.2, 0.25) is 0 Å². The average Bonchev–Trinajstić information content (AvgIpc) is 3.22. The molecule has 2 aromatic rings. The fourth-order valence-corrected chi connectivity index (χ4v) is 3.57. The summed E-state index contributed by atoms with van der Waals surface area (Å²) in [4.78, 5) is 27.1. The first-order valence-corrected chi connectivity index (χ1v) is 9.74. The summed E-state index contributed by atoms with van der Waals surface area (Å²) in [6.45, 7) is 1.50. The smallest absolute Gasteiger partial charge is 0.243 e. The van der Waals surface area contributed by atoms with Crippen molar-refractivity contribution in [1.82, 2.24) is 10.2 Å².